The Labute approximate surface area is 159 Å². The number of nitrogens with one attached hydrogen (secondary N) is 1. The predicted octanol–water partition coefficient (Wildman–Crippen LogP) is 2.59. The maximum absolute atomic E-state index is 12.9. The third-order valence-electron chi connectivity index (χ3n) is 3.39. The Morgan fingerprint density at radius 2 is 1.81 bits per heavy atom. The topological polar surface area (TPSA) is 77.1 Å². The fourth-order valence-electron chi connectivity index (χ4n) is 2.05. The van der Waals surface area contributed by atoms with Crippen LogP contribution < -0.4 is 10.1 Å². The highest BCUT2D eigenvalue weighted by Crippen LogP contribution is 2.13. The lowest BCUT2D eigenvalue weighted by atomic mass is 10.2. The fraction of sp³-hybridized carbons (Fsp3) is 0.579. The summed E-state index contributed by atoms with van der Waals surface area (Å²) in [6.45, 7) is 8.17. The molecule has 0 spiro atoms. The van der Waals surface area contributed by atoms with Crippen molar-refractivity contribution in [2.45, 2.75) is 39.4 Å². The zero-order valence-corrected chi connectivity index (χ0v) is 16.6. The molecule has 0 saturated heterocycles. The number of hydrogen-bond acceptors (Lipinski definition) is 5. The third kappa shape index (κ3) is 9.23. The van der Waals surface area contributed by atoms with E-state index in [4.69, 9.17) is 14.2 Å². The molecule has 0 bridgehead atoms. The molecular formula is C19H29FN2O5. The molecule has 27 heavy (non-hydrogen) atoms. The Balaban J connectivity index is 2.48. The Kier molecular flexibility index (Phi) is 9.00. The van der Waals surface area contributed by atoms with Crippen molar-refractivity contribution in [3.8, 4) is 5.75 Å². The number of carbonyl (C=O) groups is 2. The lowest BCUT2D eigenvalue weighted by Gasteiger charge is -2.27. The molecule has 1 atom stereocenters. The van der Waals surface area contributed by atoms with E-state index in [1.54, 1.807) is 34.8 Å². The van der Waals surface area contributed by atoms with Crippen LogP contribution in [0.3, 0.4) is 0 Å². The van der Waals surface area contributed by atoms with Crippen molar-refractivity contribution in [3.05, 3.63) is 30.1 Å². The monoisotopic (exact) mass is 384 g/mol. The zero-order chi connectivity index (χ0) is 20.4. The molecule has 8 heteroatoms. The highest BCUT2D eigenvalue weighted by Gasteiger charge is 2.22. The van der Waals surface area contributed by atoms with Crippen LogP contribution >= 0.6 is 0 Å². The van der Waals surface area contributed by atoms with Crippen LogP contribution in [0.4, 0.5) is 9.18 Å². The lowest BCUT2D eigenvalue weighted by molar-refractivity contribution is -0.127. The van der Waals surface area contributed by atoms with Crippen molar-refractivity contribution in [3.63, 3.8) is 0 Å². The molecule has 2 amide bonds. The molecule has 152 valence electrons. The molecule has 1 aromatic rings. The molecule has 1 aromatic carbocycles. The van der Waals surface area contributed by atoms with Gasteiger partial charge in [-0.1, -0.05) is 0 Å². The number of halogens is 1. The minimum absolute atomic E-state index is 0.235. The molecule has 0 aliphatic rings. The molecule has 1 N–H and O–H groups in total. The number of carbonyl (C=O) groups excluding carboxylic acids is 2. The summed E-state index contributed by atoms with van der Waals surface area (Å²) in [5.74, 6) is -0.317. The average molecular weight is 384 g/mol. The van der Waals surface area contributed by atoms with Crippen LogP contribution in [0.15, 0.2) is 24.3 Å². The predicted molar refractivity (Wildman–Crippen MR) is 99.2 cm³/mol. The van der Waals surface area contributed by atoms with Gasteiger partial charge in [-0.2, -0.15) is 0 Å². The normalized spacial score (nSPS) is 12.2. The second kappa shape index (κ2) is 10.7. The smallest absolute Gasteiger partial charge is 0.410 e. The van der Waals surface area contributed by atoms with E-state index in [2.05, 4.69) is 5.32 Å². The Bertz CT molecular complexity index is 601. The lowest BCUT2D eigenvalue weighted by Crippen LogP contribution is -2.44. The summed E-state index contributed by atoms with van der Waals surface area (Å²) in [4.78, 5) is 25.8. The zero-order valence-electron chi connectivity index (χ0n) is 16.6. The van der Waals surface area contributed by atoms with Gasteiger partial charge in [0.25, 0.3) is 5.91 Å². The van der Waals surface area contributed by atoms with Crippen molar-refractivity contribution >= 4 is 12.0 Å². The third-order valence-corrected chi connectivity index (χ3v) is 3.39. The minimum atomic E-state index is -0.760. The van der Waals surface area contributed by atoms with E-state index in [9.17, 15) is 14.0 Å². The summed E-state index contributed by atoms with van der Waals surface area (Å²) >= 11 is 0. The second-order valence-electron chi connectivity index (χ2n) is 6.97. The first kappa shape index (κ1) is 22.7. The van der Waals surface area contributed by atoms with Crippen LogP contribution in [-0.4, -0.2) is 62.0 Å². The van der Waals surface area contributed by atoms with E-state index in [1.165, 1.54) is 29.2 Å². The number of ether oxygens (including phenoxy) is 3. The van der Waals surface area contributed by atoms with Gasteiger partial charge in [0.05, 0.1) is 6.61 Å². The van der Waals surface area contributed by atoms with Crippen molar-refractivity contribution in [2.24, 2.45) is 0 Å². The van der Waals surface area contributed by atoms with Crippen LogP contribution in [0.2, 0.25) is 0 Å². The van der Waals surface area contributed by atoms with Gasteiger partial charge >= 0.3 is 6.09 Å². The van der Waals surface area contributed by atoms with E-state index in [0.29, 0.717) is 18.9 Å². The molecule has 0 saturated carbocycles. The fourth-order valence-corrected chi connectivity index (χ4v) is 2.05. The van der Waals surface area contributed by atoms with Crippen LogP contribution in [0.5, 0.6) is 5.75 Å². The highest BCUT2D eigenvalue weighted by atomic mass is 19.1. The summed E-state index contributed by atoms with van der Waals surface area (Å²) in [5.41, 5.74) is -0.608. The summed E-state index contributed by atoms with van der Waals surface area (Å²) in [7, 11) is 1.55. The molecule has 0 heterocycles. The number of nitrogens with zero attached hydrogens (tertiary/aromatic N) is 1. The van der Waals surface area contributed by atoms with E-state index in [-0.39, 0.29) is 24.8 Å². The number of amides is 2. The largest absolute Gasteiger partial charge is 0.481 e. The van der Waals surface area contributed by atoms with Gasteiger partial charge in [-0.05, 0) is 52.0 Å². The van der Waals surface area contributed by atoms with Crippen LogP contribution in [0, 0.1) is 5.82 Å². The Hall–Kier alpha value is -2.35. The van der Waals surface area contributed by atoms with E-state index in [1.807, 2.05) is 0 Å². The van der Waals surface area contributed by atoms with Crippen molar-refractivity contribution < 1.29 is 28.2 Å². The van der Waals surface area contributed by atoms with E-state index < -0.39 is 17.8 Å². The minimum Gasteiger partial charge on any atom is -0.481 e. The molecule has 0 aliphatic heterocycles. The van der Waals surface area contributed by atoms with Crippen molar-refractivity contribution in [2.75, 3.05) is 33.4 Å². The summed E-state index contributed by atoms with van der Waals surface area (Å²) in [6.07, 6.45) is -1.23. The Morgan fingerprint density at radius 1 is 1.19 bits per heavy atom. The van der Waals surface area contributed by atoms with Crippen LogP contribution in [-0.2, 0) is 14.3 Å². The number of methoxy groups -OCH3 is 1. The quantitative estimate of drug-likeness (QED) is 0.708. The molecule has 0 fully saturated rings. The van der Waals surface area contributed by atoms with E-state index >= 15 is 0 Å². The van der Waals surface area contributed by atoms with Gasteiger partial charge in [0.15, 0.2) is 6.10 Å². The molecule has 7 nitrogen and oxygen atoms in total. The first-order valence-corrected chi connectivity index (χ1v) is 8.79. The van der Waals surface area contributed by atoms with Gasteiger partial charge < -0.3 is 24.4 Å². The molecule has 0 aliphatic carbocycles. The SMILES string of the molecule is COCCN(CCNC(=O)[C@@H](C)Oc1ccc(F)cc1)C(=O)OC(C)(C)C. The number of rotatable bonds is 9. The first-order chi connectivity index (χ1) is 12.6. The van der Waals surface area contributed by atoms with Crippen molar-refractivity contribution in [1.29, 1.82) is 0 Å². The van der Waals surface area contributed by atoms with Crippen LogP contribution in [0.25, 0.3) is 0 Å². The van der Waals surface area contributed by atoms with E-state index in [0.717, 1.165) is 0 Å². The number of hydrogen-bond donors (Lipinski definition) is 1. The standard InChI is InChI=1S/C19H29FN2O5/c1-14(26-16-8-6-15(20)7-9-16)17(23)21-10-11-22(12-13-25-5)18(24)27-19(2,3)4/h6-9,14H,10-13H2,1-5H3,(H,21,23)/t14-/m1/s1. The first-order valence-electron chi connectivity index (χ1n) is 8.79. The van der Waals surface area contributed by atoms with Gasteiger partial charge in [-0.25, -0.2) is 9.18 Å². The van der Waals surface area contributed by atoms with Gasteiger partial charge in [0, 0.05) is 26.7 Å². The average Bonchev–Trinajstić information content (AvgIpc) is 2.58. The van der Waals surface area contributed by atoms with Crippen molar-refractivity contribution in [1.82, 2.24) is 10.2 Å². The van der Waals surface area contributed by atoms with Gasteiger partial charge in [-0.3, -0.25) is 4.79 Å². The maximum Gasteiger partial charge on any atom is 0.410 e. The van der Waals surface area contributed by atoms with Gasteiger partial charge in [0.1, 0.15) is 17.2 Å². The molecule has 1 rings (SSSR count). The summed E-state index contributed by atoms with van der Waals surface area (Å²) < 4.78 is 28.7. The number of benzene rings is 1. The Morgan fingerprint density at radius 3 is 2.37 bits per heavy atom. The molecule has 0 unspecified atom stereocenters. The summed E-state index contributed by atoms with van der Waals surface area (Å²) in [6, 6.07) is 5.42. The maximum atomic E-state index is 12.9. The molecular weight excluding hydrogens is 355 g/mol. The van der Waals surface area contributed by atoms with Gasteiger partial charge in [0.2, 0.25) is 0 Å². The highest BCUT2D eigenvalue weighted by molar-refractivity contribution is 5.80. The summed E-state index contributed by atoms with van der Waals surface area (Å²) in [5, 5.41) is 2.71. The second-order valence-corrected chi connectivity index (χ2v) is 6.97. The molecule has 0 radical (unpaired) electrons. The molecule has 0 aromatic heterocycles. The van der Waals surface area contributed by atoms with Gasteiger partial charge in [-0.15, -0.1) is 0 Å². The van der Waals surface area contributed by atoms with Crippen LogP contribution in [0.1, 0.15) is 27.7 Å².